The van der Waals surface area contributed by atoms with Gasteiger partial charge in [0, 0.05) is 18.8 Å². The molecule has 0 atom stereocenters. The van der Waals surface area contributed by atoms with Crippen LogP contribution in [0.25, 0.3) is 0 Å². The number of hydrogen-bond acceptors (Lipinski definition) is 3. The first kappa shape index (κ1) is 18.6. The predicted octanol–water partition coefficient (Wildman–Crippen LogP) is 3.59. The van der Waals surface area contributed by atoms with Crippen molar-refractivity contribution in [1.82, 2.24) is 4.90 Å². The molecule has 2 rings (SSSR count). The van der Waals surface area contributed by atoms with E-state index in [1.54, 1.807) is 11.0 Å². The molecule has 5 heteroatoms. The molecule has 0 N–H and O–H groups in total. The summed E-state index contributed by atoms with van der Waals surface area (Å²) in [4.78, 5) is 16.4. The Bertz CT molecular complexity index is 727. The van der Waals surface area contributed by atoms with Crippen molar-refractivity contribution in [3.63, 3.8) is 0 Å². The minimum atomic E-state index is -0.278. The summed E-state index contributed by atoms with van der Waals surface area (Å²) in [5, 5.41) is 8.86. The van der Waals surface area contributed by atoms with Crippen molar-refractivity contribution in [1.29, 1.82) is 5.26 Å². The molecule has 0 spiro atoms. The molecular weight excluding hydrogens is 317 g/mol. The van der Waals surface area contributed by atoms with Gasteiger partial charge < -0.3 is 4.90 Å². The maximum Gasteiger partial charge on any atom is 0.241 e. The lowest BCUT2D eigenvalue weighted by atomic mass is 10.2. The Kier molecular flexibility index (Phi) is 7.12. The molecule has 0 aliphatic carbocycles. The van der Waals surface area contributed by atoms with Gasteiger partial charge in [-0.05, 0) is 36.4 Å². The Labute approximate surface area is 148 Å². The highest BCUT2D eigenvalue weighted by atomic mass is 19.1. The van der Waals surface area contributed by atoms with E-state index in [-0.39, 0.29) is 24.7 Å². The molecule has 0 bridgehead atoms. The maximum atomic E-state index is 13.3. The highest BCUT2D eigenvalue weighted by Gasteiger charge is 2.18. The minimum Gasteiger partial charge on any atom is -0.310 e. The third kappa shape index (κ3) is 5.70. The van der Waals surface area contributed by atoms with E-state index in [1.807, 2.05) is 48.2 Å². The summed E-state index contributed by atoms with van der Waals surface area (Å²) in [5.74, 6) is -0.348. The van der Waals surface area contributed by atoms with Crippen molar-refractivity contribution >= 4 is 11.6 Å². The van der Waals surface area contributed by atoms with Gasteiger partial charge in [0.1, 0.15) is 5.82 Å². The number of para-hydroxylation sites is 1. The van der Waals surface area contributed by atoms with E-state index in [0.29, 0.717) is 19.6 Å². The molecule has 2 aromatic rings. The van der Waals surface area contributed by atoms with E-state index in [2.05, 4.69) is 6.07 Å². The van der Waals surface area contributed by atoms with Crippen molar-refractivity contribution in [3.05, 3.63) is 66.0 Å². The topological polar surface area (TPSA) is 47.3 Å². The SMILES string of the molecule is CCN(CC(=O)N(CCC#N)c1ccccc1)Cc1cccc(F)c1. The number of nitriles is 1. The van der Waals surface area contributed by atoms with E-state index in [1.165, 1.54) is 12.1 Å². The first-order valence-electron chi connectivity index (χ1n) is 8.33. The molecule has 0 saturated carbocycles. The largest absolute Gasteiger partial charge is 0.310 e. The van der Waals surface area contributed by atoms with E-state index in [0.717, 1.165) is 11.3 Å². The van der Waals surface area contributed by atoms with Crippen molar-refractivity contribution in [2.24, 2.45) is 0 Å². The zero-order valence-corrected chi connectivity index (χ0v) is 14.4. The average molecular weight is 339 g/mol. The van der Waals surface area contributed by atoms with Crippen LogP contribution in [0.2, 0.25) is 0 Å². The Morgan fingerprint density at radius 1 is 1.16 bits per heavy atom. The monoisotopic (exact) mass is 339 g/mol. The Morgan fingerprint density at radius 3 is 2.56 bits per heavy atom. The number of rotatable bonds is 8. The third-order valence-electron chi connectivity index (χ3n) is 3.92. The fraction of sp³-hybridized carbons (Fsp3) is 0.300. The lowest BCUT2D eigenvalue weighted by Crippen LogP contribution is -2.40. The molecule has 0 heterocycles. The molecule has 1 amide bonds. The zero-order chi connectivity index (χ0) is 18.1. The van der Waals surface area contributed by atoms with Crippen molar-refractivity contribution in [2.75, 3.05) is 24.5 Å². The minimum absolute atomic E-state index is 0.0697. The predicted molar refractivity (Wildman–Crippen MR) is 96.4 cm³/mol. The van der Waals surface area contributed by atoms with Gasteiger partial charge in [0.15, 0.2) is 0 Å². The number of carbonyl (C=O) groups excluding carboxylic acids is 1. The summed E-state index contributed by atoms with van der Waals surface area (Å²) in [7, 11) is 0. The first-order valence-corrected chi connectivity index (χ1v) is 8.33. The molecular formula is C20H22FN3O. The standard InChI is InChI=1S/C20H22FN3O/c1-2-23(15-17-8-6-9-18(21)14-17)16-20(25)24(13-7-12-22)19-10-4-3-5-11-19/h3-6,8-11,14H,2,7,13,15-16H2,1H3. The lowest BCUT2D eigenvalue weighted by Gasteiger charge is -2.26. The van der Waals surface area contributed by atoms with Crippen molar-refractivity contribution in [2.45, 2.75) is 19.9 Å². The fourth-order valence-corrected chi connectivity index (χ4v) is 2.62. The van der Waals surface area contributed by atoms with Gasteiger partial charge in [-0.1, -0.05) is 37.3 Å². The van der Waals surface area contributed by atoms with Crippen molar-refractivity contribution in [3.8, 4) is 6.07 Å². The highest BCUT2D eigenvalue weighted by molar-refractivity contribution is 5.94. The van der Waals surface area contributed by atoms with Gasteiger partial charge in [-0.15, -0.1) is 0 Å². The van der Waals surface area contributed by atoms with Gasteiger partial charge in [0.05, 0.1) is 19.0 Å². The van der Waals surface area contributed by atoms with E-state index < -0.39 is 0 Å². The molecule has 0 fully saturated rings. The second-order valence-corrected chi connectivity index (χ2v) is 5.72. The summed E-state index contributed by atoms with van der Waals surface area (Å²) in [6.07, 6.45) is 0.274. The molecule has 0 aliphatic rings. The second kappa shape index (κ2) is 9.55. The van der Waals surface area contributed by atoms with E-state index >= 15 is 0 Å². The lowest BCUT2D eigenvalue weighted by molar-refractivity contribution is -0.119. The average Bonchev–Trinajstić information content (AvgIpc) is 2.62. The molecule has 2 aromatic carbocycles. The van der Waals surface area contributed by atoms with Gasteiger partial charge in [-0.25, -0.2) is 4.39 Å². The molecule has 130 valence electrons. The zero-order valence-electron chi connectivity index (χ0n) is 14.4. The number of anilines is 1. The molecule has 0 saturated heterocycles. The van der Waals surface area contributed by atoms with Crippen LogP contribution in [0.5, 0.6) is 0 Å². The fourth-order valence-electron chi connectivity index (χ4n) is 2.62. The van der Waals surface area contributed by atoms with Crippen LogP contribution in [-0.2, 0) is 11.3 Å². The van der Waals surface area contributed by atoms with Crippen LogP contribution in [-0.4, -0.2) is 30.4 Å². The van der Waals surface area contributed by atoms with Gasteiger partial charge in [0.2, 0.25) is 5.91 Å². The van der Waals surface area contributed by atoms with Gasteiger partial charge in [0.25, 0.3) is 0 Å². The molecule has 0 radical (unpaired) electrons. The normalized spacial score (nSPS) is 10.5. The summed E-state index contributed by atoms with van der Waals surface area (Å²) < 4.78 is 13.3. The van der Waals surface area contributed by atoms with Crippen LogP contribution in [0.4, 0.5) is 10.1 Å². The van der Waals surface area contributed by atoms with Crippen molar-refractivity contribution < 1.29 is 9.18 Å². The quantitative estimate of drug-likeness (QED) is 0.738. The third-order valence-corrected chi connectivity index (χ3v) is 3.92. The smallest absolute Gasteiger partial charge is 0.241 e. The Hall–Kier alpha value is -2.71. The number of likely N-dealkylation sites (N-methyl/N-ethyl adjacent to an activating group) is 1. The van der Waals surface area contributed by atoms with Crippen LogP contribution in [0, 0.1) is 17.1 Å². The van der Waals surface area contributed by atoms with Crippen LogP contribution >= 0.6 is 0 Å². The molecule has 4 nitrogen and oxygen atoms in total. The molecule has 0 aromatic heterocycles. The summed E-state index contributed by atoms with van der Waals surface area (Å²) >= 11 is 0. The number of amides is 1. The molecule has 0 aliphatic heterocycles. The van der Waals surface area contributed by atoms with Crippen LogP contribution in [0.3, 0.4) is 0 Å². The second-order valence-electron chi connectivity index (χ2n) is 5.72. The molecule has 25 heavy (non-hydrogen) atoms. The summed E-state index contributed by atoms with van der Waals surface area (Å²) in [6, 6.07) is 17.8. The summed E-state index contributed by atoms with van der Waals surface area (Å²) in [5.41, 5.74) is 1.61. The van der Waals surface area contributed by atoms with Crippen LogP contribution in [0.1, 0.15) is 18.9 Å². The number of nitrogens with zero attached hydrogens (tertiary/aromatic N) is 3. The molecule has 0 unspecified atom stereocenters. The number of halogens is 1. The Balaban J connectivity index is 2.08. The first-order chi connectivity index (χ1) is 12.1. The number of hydrogen-bond donors (Lipinski definition) is 0. The Morgan fingerprint density at radius 2 is 1.92 bits per heavy atom. The van der Waals surface area contributed by atoms with Crippen LogP contribution in [0.15, 0.2) is 54.6 Å². The maximum absolute atomic E-state index is 13.3. The van der Waals surface area contributed by atoms with Gasteiger partial charge in [-0.3, -0.25) is 9.69 Å². The number of benzene rings is 2. The van der Waals surface area contributed by atoms with E-state index in [4.69, 9.17) is 5.26 Å². The number of carbonyl (C=O) groups is 1. The summed E-state index contributed by atoms with van der Waals surface area (Å²) in [6.45, 7) is 3.71. The van der Waals surface area contributed by atoms with Crippen LogP contribution < -0.4 is 4.90 Å². The van der Waals surface area contributed by atoms with Gasteiger partial charge >= 0.3 is 0 Å². The van der Waals surface area contributed by atoms with Gasteiger partial charge in [-0.2, -0.15) is 5.26 Å². The highest BCUT2D eigenvalue weighted by Crippen LogP contribution is 2.15. The van der Waals surface area contributed by atoms with E-state index in [9.17, 15) is 9.18 Å².